The van der Waals surface area contributed by atoms with Crippen molar-refractivity contribution < 1.29 is 13.2 Å². The highest BCUT2D eigenvalue weighted by molar-refractivity contribution is 7.93. The van der Waals surface area contributed by atoms with Gasteiger partial charge in [0.05, 0.1) is 17.0 Å². The molecule has 8 heteroatoms. The van der Waals surface area contributed by atoms with Crippen LogP contribution in [0.1, 0.15) is 43.1 Å². The van der Waals surface area contributed by atoms with Crippen molar-refractivity contribution in [1.82, 2.24) is 4.57 Å². The Kier molecular flexibility index (Phi) is 4.74. The molecule has 0 spiro atoms. The number of nitrogens with zero attached hydrogens (tertiary/aromatic N) is 3. The molecule has 1 saturated heterocycles. The van der Waals surface area contributed by atoms with Crippen molar-refractivity contribution in [2.45, 2.75) is 32.7 Å². The summed E-state index contributed by atoms with van der Waals surface area (Å²) in [7, 11) is -3.31. The summed E-state index contributed by atoms with van der Waals surface area (Å²) in [6.07, 6.45) is 2.28. The van der Waals surface area contributed by atoms with E-state index >= 15 is 0 Å². The first-order valence-electron chi connectivity index (χ1n) is 8.66. The van der Waals surface area contributed by atoms with E-state index in [1.54, 1.807) is 36.5 Å². The van der Waals surface area contributed by atoms with Crippen molar-refractivity contribution in [3.8, 4) is 6.07 Å². The number of carbonyl (C=O) groups excluding carboxylic acids is 1. The number of nitrogens with one attached hydrogen (secondary N) is 1. The van der Waals surface area contributed by atoms with Gasteiger partial charge in [0.2, 0.25) is 10.0 Å². The minimum Gasteiger partial charge on any atom is -0.328 e. The molecule has 2 aromatic rings. The lowest BCUT2D eigenvalue weighted by Crippen LogP contribution is -2.26. The number of benzene rings is 1. The molecule has 7 nitrogen and oxygen atoms in total. The van der Waals surface area contributed by atoms with Gasteiger partial charge >= 0.3 is 0 Å². The van der Waals surface area contributed by atoms with Crippen LogP contribution in [0.3, 0.4) is 0 Å². The zero-order valence-corrected chi connectivity index (χ0v) is 16.4. The molecular weight excluding hydrogens is 364 g/mol. The molecule has 1 aromatic heterocycles. The topological polar surface area (TPSA) is 95.2 Å². The van der Waals surface area contributed by atoms with E-state index in [1.165, 1.54) is 4.31 Å². The van der Waals surface area contributed by atoms with E-state index in [4.69, 9.17) is 5.26 Å². The van der Waals surface area contributed by atoms with Crippen LogP contribution in [0.25, 0.3) is 0 Å². The molecule has 0 bridgehead atoms. The first-order chi connectivity index (χ1) is 12.6. The van der Waals surface area contributed by atoms with Gasteiger partial charge in [-0.15, -0.1) is 0 Å². The number of anilines is 2. The number of carbonyl (C=O) groups is 1. The first kappa shape index (κ1) is 19.0. The lowest BCUT2D eigenvalue weighted by atomic mass is 10.1. The fourth-order valence-electron chi connectivity index (χ4n) is 3.10. The third-order valence-corrected chi connectivity index (χ3v) is 6.28. The molecule has 0 unspecified atom stereocenters. The van der Waals surface area contributed by atoms with Gasteiger partial charge in [0.15, 0.2) is 0 Å². The maximum atomic E-state index is 12.7. The van der Waals surface area contributed by atoms with Crippen molar-refractivity contribution in [2.75, 3.05) is 21.9 Å². The molecule has 0 radical (unpaired) electrons. The molecule has 0 aliphatic carbocycles. The smallest absolute Gasteiger partial charge is 0.256 e. The summed E-state index contributed by atoms with van der Waals surface area (Å²) < 4.78 is 27.4. The number of aromatic nitrogens is 1. The summed E-state index contributed by atoms with van der Waals surface area (Å²) >= 11 is 0. The summed E-state index contributed by atoms with van der Waals surface area (Å²) in [5.74, 6) is 0.282. The number of hydrogen-bond donors (Lipinski definition) is 1. The van der Waals surface area contributed by atoms with Gasteiger partial charge in [-0.2, -0.15) is 5.26 Å². The summed E-state index contributed by atoms with van der Waals surface area (Å²) in [4.78, 5) is 12.7. The second kappa shape index (κ2) is 6.74. The normalized spacial score (nSPS) is 16.1. The zero-order valence-electron chi connectivity index (χ0n) is 15.6. The molecule has 1 aliphatic rings. The largest absolute Gasteiger partial charge is 0.328 e. The van der Waals surface area contributed by atoms with Crippen molar-refractivity contribution in [2.24, 2.45) is 0 Å². The Balaban J connectivity index is 1.89. The number of rotatable bonds is 3. The van der Waals surface area contributed by atoms with Gasteiger partial charge in [-0.05, 0) is 51.5 Å². The van der Waals surface area contributed by atoms with Crippen LogP contribution in [0.15, 0.2) is 36.5 Å². The van der Waals surface area contributed by atoms with E-state index in [9.17, 15) is 13.2 Å². The Bertz CT molecular complexity index is 1030. The molecule has 142 valence electrons. The Morgan fingerprint density at radius 2 is 2.00 bits per heavy atom. The number of hydrogen-bond acceptors (Lipinski definition) is 4. The minimum atomic E-state index is -3.31. The molecule has 0 atom stereocenters. The van der Waals surface area contributed by atoms with E-state index < -0.39 is 10.0 Å². The van der Waals surface area contributed by atoms with E-state index in [0.29, 0.717) is 35.6 Å². The molecule has 1 N–H and O–H groups in total. The standard InChI is InChI=1S/C19H22N4O3S/c1-19(2,3)22-13-14(12-20)10-17(22)21-18(24)15-6-4-7-16(11-15)23-8-5-9-27(23,25)26/h4,6-7,10-11,13H,5,8-9H2,1-3H3,(H,21,24). The van der Waals surface area contributed by atoms with Crippen LogP contribution in [0.4, 0.5) is 11.5 Å². The van der Waals surface area contributed by atoms with Crippen LogP contribution >= 0.6 is 0 Å². The number of amides is 1. The zero-order chi connectivity index (χ0) is 19.8. The first-order valence-corrected chi connectivity index (χ1v) is 10.3. The van der Waals surface area contributed by atoms with Gasteiger partial charge < -0.3 is 9.88 Å². The fraction of sp³-hybridized carbons (Fsp3) is 0.368. The number of nitriles is 1. The third-order valence-electron chi connectivity index (χ3n) is 4.41. The van der Waals surface area contributed by atoms with Crippen LogP contribution in [0, 0.1) is 11.3 Å². The Morgan fingerprint density at radius 3 is 2.59 bits per heavy atom. The SMILES string of the molecule is CC(C)(C)n1cc(C#N)cc1NC(=O)c1cccc(N2CCCS2(=O)=O)c1. The minimum absolute atomic E-state index is 0.124. The quantitative estimate of drug-likeness (QED) is 0.877. The predicted molar refractivity (Wildman–Crippen MR) is 104 cm³/mol. The van der Waals surface area contributed by atoms with E-state index in [0.717, 1.165) is 0 Å². The van der Waals surface area contributed by atoms with Gasteiger partial charge in [0.1, 0.15) is 11.9 Å². The van der Waals surface area contributed by atoms with Gasteiger partial charge in [0, 0.05) is 23.8 Å². The highest BCUT2D eigenvalue weighted by Crippen LogP contribution is 2.27. The van der Waals surface area contributed by atoms with Gasteiger partial charge in [-0.25, -0.2) is 8.42 Å². The highest BCUT2D eigenvalue weighted by Gasteiger charge is 2.29. The molecule has 3 rings (SSSR count). The lowest BCUT2D eigenvalue weighted by molar-refractivity contribution is 0.102. The molecule has 1 aliphatic heterocycles. The van der Waals surface area contributed by atoms with Crippen LogP contribution in [-0.4, -0.2) is 31.2 Å². The van der Waals surface area contributed by atoms with Crippen molar-refractivity contribution in [3.05, 3.63) is 47.7 Å². The molecule has 1 amide bonds. The van der Waals surface area contributed by atoms with Crippen LogP contribution < -0.4 is 9.62 Å². The lowest BCUT2D eigenvalue weighted by Gasteiger charge is -2.24. The monoisotopic (exact) mass is 386 g/mol. The van der Waals surface area contributed by atoms with Crippen LogP contribution in [0.2, 0.25) is 0 Å². The second-order valence-corrected chi connectivity index (χ2v) is 9.53. The van der Waals surface area contributed by atoms with E-state index in [2.05, 4.69) is 11.4 Å². The summed E-state index contributed by atoms with van der Waals surface area (Å²) in [5.41, 5.74) is 0.986. The molecule has 1 aromatic carbocycles. The Labute approximate surface area is 159 Å². The Hall–Kier alpha value is -2.79. The maximum absolute atomic E-state index is 12.7. The van der Waals surface area contributed by atoms with Gasteiger partial charge in [-0.3, -0.25) is 9.10 Å². The average Bonchev–Trinajstić information content (AvgIpc) is 3.17. The van der Waals surface area contributed by atoms with E-state index in [1.807, 2.05) is 25.3 Å². The highest BCUT2D eigenvalue weighted by atomic mass is 32.2. The maximum Gasteiger partial charge on any atom is 0.256 e. The van der Waals surface area contributed by atoms with Gasteiger partial charge in [-0.1, -0.05) is 6.07 Å². The van der Waals surface area contributed by atoms with Crippen LogP contribution in [0.5, 0.6) is 0 Å². The van der Waals surface area contributed by atoms with E-state index in [-0.39, 0.29) is 17.2 Å². The molecule has 1 fully saturated rings. The summed E-state index contributed by atoms with van der Waals surface area (Å²) in [6, 6.07) is 10.3. The summed E-state index contributed by atoms with van der Waals surface area (Å²) in [6.45, 7) is 6.35. The predicted octanol–water partition coefficient (Wildman–Crippen LogP) is 2.91. The molecule has 0 saturated carbocycles. The average molecular weight is 386 g/mol. The molecular formula is C19H22N4O3S. The fourth-order valence-corrected chi connectivity index (χ4v) is 4.65. The summed E-state index contributed by atoms with van der Waals surface area (Å²) in [5, 5.41) is 12.0. The Morgan fingerprint density at radius 1 is 1.26 bits per heavy atom. The second-order valence-electron chi connectivity index (χ2n) is 7.51. The van der Waals surface area contributed by atoms with Crippen LogP contribution in [-0.2, 0) is 15.6 Å². The van der Waals surface area contributed by atoms with Gasteiger partial charge in [0.25, 0.3) is 5.91 Å². The molecule has 2 heterocycles. The molecule has 27 heavy (non-hydrogen) atoms. The van der Waals surface area contributed by atoms with Crippen molar-refractivity contribution in [3.63, 3.8) is 0 Å². The number of sulfonamides is 1. The third kappa shape index (κ3) is 3.83. The van der Waals surface area contributed by atoms with Crippen molar-refractivity contribution in [1.29, 1.82) is 5.26 Å². The van der Waals surface area contributed by atoms with Crippen molar-refractivity contribution >= 4 is 27.4 Å².